The quantitative estimate of drug-likeness (QED) is 0.879. The summed E-state index contributed by atoms with van der Waals surface area (Å²) in [6.45, 7) is 0.763. The number of hydrogen-bond acceptors (Lipinski definition) is 2. The summed E-state index contributed by atoms with van der Waals surface area (Å²) in [5, 5.41) is 5.67. The fraction of sp³-hybridized carbons (Fsp3) is 0.133. The van der Waals surface area contributed by atoms with Gasteiger partial charge in [0.25, 0.3) is 0 Å². The van der Waals surface area contributed by atoms with Gasteiger partial charge in [0, 0.05) is 16.7 Å². The Morgan fingerprint density at radius 3 is 2.70 bits per heavy atom. The molecule has 2 N–H and O–H groups in total. The van der Waals surface area contributed by atoms with Gasteiger partial charge in [0.2, 0.25) is 5.91 Å². The van der Waals surface area contributed by atoms with Crippen LogP contribution in [0.3, 0.4) is 0 Å². The zero-order valence-corrected chi connectivity index (χ0v) is 12.3. The van der Waals surface area contributed by atoms with Crippen LogP contribution in [0.1, 0.15) is 5.56 Å². The molecule has 2 aromatic carbocycles. The van der Waals surface area contributed by atoms with Gasteiger partial charge < -0.3 is 10.6 Å². The van der Waals surface area contributed by atoms with Crippen molar-refractivity contribution in [3.05, 3.63) is 64.4 Å². The molecular weight excluding hydrogens is 323 g/mol. The van der Waals surface area contributed by atoms with E-state index in [0.717, 1.165) is 10.0 Å². The molecule has 0 saturated carbocycles. The maximum Gasteiger partial charge on any atom is 0.238 e. The van der Waals surface area contributed by atoms with Crippen molar-refractivity contribution < 1.29 is 9.18 Å². The monoisotopic (exact) mass is 336 g/mol. The van der Waals surface area contributed by atoms with E-state index >= 15 is 0 Å². The number of halogens is 2. The van der Waals surface area contributed by atoms with E-state index in [4.69, 9.17) is 0 Å². The zero-order chi connectivity index (χ0) is 14.4. The Morgan fingerprint density at radius 2 is 1.95 bits per heavy atom. The summed E-state index contributed by atoms with van der Waals surface area (Å²) < 4.78 is 14.0. The summed E-state index contributed by atoms with van der Waals surface area (Å²) in [4.78, 5) is 11.7. The molecule has 0 saturated heterocycles. The van der Waals surface area contributed by atoms with Crippen molar-refractivity contribution in [2.24, 2.45) is 0 Å². The Kier molecular flexibility index (Phi) is 5.26. The molecule has 104 valence electrons. The highest BCUT2D eigenvalue weighted by atomic mass is 79.9. The van der Waals surface area contributed by atoms with Crippen molar-refractivity contribution in [1.82, 2.24) is 5.32 Å². The highest BCUT2D eigenvalue weighted by Gasteiger charge is 2.03. The molecule has 5 heteroatoms. The van der Waals surface area contributed by atoms with Crippen LogP contribution in [0.25, 0.3) is 0 Å². The van der Waals surface area contributed by atoms with Crippen molar-refractivity contribution in [3.63, 3.8) is 0 Å². The summed E-state index contributed by atoms with van der Waals surface area (Å²) in [5.74, 6) is -0.574. The van der Waals surface area contributed by atoms with Gasteiger partial charge in [-0.1, -0.05) is 34.1 Å². The second kappa shape index (κ2) is 7.17. The van der Waals surface area contributed by atoms with Crippen LogP contribution in [0.5, 0.6) is 0 Å². The Hall–Kier alpha value is -1.72. The number of anilines is 1. The fourth-order valence-electron chi connectivity index (χ4n) is 1.74. The molecule has 0 spiro atoms. The van der Waals surface area contributed by atoms with E-state index in [-0.39, 0.29) is 18.3 Å². The number of rotatable bonds is 5. The van der Waals surface area contributed by atoms with E-state index in [9.17, 15) is 9.18 Å². The average Bonchev–Trinajstić information content (AvgIpc) is 2.38. The van der Waals surface area contributed by atoms with Gasteiger partial charge in [0.15, 0.2) is 0 Å². The van der Waals surface area contributed by atoms with Gasteiger partial charge in [-0.25, -0.2) is 4.39 Å². The molecule has 20 heavy (non-hydrogen) atoms. The molecule has 1 amide bonds. The summed E-state index contributed by atoms with van der Waals surface area (Å²) in [7, 11) is 0. The van der Waals surface area contributed by atoms with Crippen LogP contribution in [0.2, 0.25) is 0 Å². The van der Waals surface area contributed by atoms with Crippen LogP contribution in [0, 0.1) is 5.82 Å². The van der Waals surface area contributed by atoms with Gasteiger partial charge in [-0.05, 0) is 35.9 Å². The van der Waals surface area contributed by atoms with Gasteiger partial charge in [0.05, 0.1) is 6.54 Å². The zero-order valence-electron chi connectivity index (χ0n) is 10.7. The minimum Gasteiger partial charge on any atom is -0.325 e. The molecule has 2 aromatic rings. The molecule has 0 aromatic heterocycles. The molecular formula is C15H14BrFN2O. The minimum absolute atomic E-state index is 0.170. The van der Waals surface area contributed by atoms with Gasteiger partial charge >= 0.3 is 0 Å². The number of carbonyl (C=O) groups excluding carboxylic acids is 1. The van der Waals surface area contributed by atoms with Crippen molar-refractivity contribution in [2.75, 3.05) is 11.9 Å². The van der Waals surface area contributed by atoms with E-state index in [0.29, 0.717) is 12.2 Å². The third kappa shape index (κ3) is 4.75. The Balaban J connectivity index is 1.78. The average molecular weight is 337 g/mol. The van der Waals surface area contributed by atoms with Gasteiger partial charge in [-0.2, -0.15) is 0 Å². The number of benzene rings is 2. The lowest BCUT2D eigenvalue weighted by molar-refractivity contribution is -0.115. The predicted octanol–water partition coefficient (Wildman–Crippen LogP) is 3.32. The standard InChI is InChI=1S/C15H14BrFN2O/c16-12-4-1-3-11(7-12)9-18-10-15(20)19-14-6-2-5-13(17)8-14/h1-8,18H,9-10H2,(H,19,20). The molecule has 0 heterocycles. The van der Waals surface area contributed by atoms with Crippen molar-refractivity contribution in [1.29, 1.82) is 0 Å². The lowest BCUT2D eigenvalue weighted by atomic mass is 10.2. The third-order valence-electron chi connectivity index (χ3n) is 2.61. The normalized spacial score (nSPS) is 10.3. The van der Waals surface area contributed by atoms with Crippen LogP contribution < -0.4 is 10.6 Å². The lowest BCUT2D eigenvalue weighted by Gasteiger charge is -2.07. The maximum atomic E-state index is 13.0. The first kappa shape index (κ1) is 14.7. The van der Waals surface area contributed by atoms with Crippen LogP contribution in [0.15, 0.2) is 53.0 Å². The Bertz CT molecular complexity index is 604. The molecule has 0 aliphatic carbocycles. The van der Waals surface area contributed by atoms with E-state index in [1.54, 1.807) is 12.1 Å². The maximum absolute atomic E-state index is 13.0. The van der Waals surface area contributed by atoms with Crippen molar-refractivity contribution in [3.8, 4) is 0 Å². The number of nitrogens with one attached hydrogen (secondary N) is 2. The SMILES string of the molecule is O=C(CNCc1cccc(Br)c1)Nc1cccc(F)c1. The molecule has 0 fully saturated rings. The van der Waals surface area contributed by atoms with E-state index in [1.807, 2.05) is 24.3 Å². The number of amides is 1. The summed E-state index contributed by atoms with van der Waals surface area (Å²) >= 11 is 3.39. The molecule has 0 unspecified atom stereocenters. The molecule has 0 aliphatic rings. The molecule has 0 aliphatic heterocycles. The Labute approximate surface area is 125 Å². The lowest BCUT2D eigenvalue weighted by Crippen LogP contribution is -2.27. The van der Waals surface area contributed by atoms with E-state index < -0.39 is 0 Å². The van der Waals surface area contributed by atoms with Crippen molar-refractivity contribution >= 4 is 27.5 Å². The second-order valence-electron chi connectivity index (χ2n) is 4.29. The molecule has 0 bridgehead atoms. The second-order valence-corrected chi connectivity index (χ2v) is 5.21. The van der Waals surface area contributed by atoms with Gasteiger partial charge in [-0.15, -0.1) is 0 Å². The number of hydrogen-bond donors (Lipinski definition) is 2. The highest BCUT2D eigenvalue weighted by Crippen LogP contribution is 2.11. The highest BCUT2D eigenvalue weighted by molar-refractivity contribution is 9.10. The van der Waals surface area contributed by atoms with Crippen LogP contribution >= 0.6 is 15.9 Å². The number of carbonyl (C=O) groups is 1. The summed E-state index contributed by atoms with van der Waals surface area (Å²) in [6, 6.07) is 13.7. The fourth-order valence-corrected chi connectivity index (χ4v) is 2.19. The minimum atomic E-state index is -0.370. The summed E-state index contributed by atoms with van der Waals surface area (Å²) in [6.07, 6.45) is 0. The van der Waals surface area contributed by atoms with Crippen LogP contribution in [0.4, 0.5) is 10.1 Å². The molecule has 2 rings (SSSR count). The van der Waals surface area contributed by atoms with Gasteiger partial charge in [-0.3, -0.25) is 4.79 Å². The Morgan fingerprint density at radius 1 is 1.15 bits per heavy atom. The topological polar surface area (TPSA) is 41.1 Å². The first-order chi connectivity index (χ1) is 9.63. The van der Waals surface area contributed by atoms with E-state index in [1.165, 1.54) is 12.1 Å². The molecule has 0 radical (unpaired) electrons. The molecule has 3 nitrogen and oxygen atoms in total. The van der Waals surface area contributed by atoms with Gasteiger partial charge in [0.1, 0.15) is 5.82 Å². The largest absolute Gasteiger partial charge is 0.325 e. The van der Waals surface area contributed by atoms with Crippen LogP contribution in [-0.4, -0.2) is 12.5 Å². The summed E-state index contributed by atoms with van der Waals surface area (Å²) in [5.41, 5.74) is 1.54. The van der Waals surface area contributed by atoms with Crippen molar-refractivity contribution in [2.45, 2.75) is 6.54 Å². The molecule has 0 atom stereocenters. The first-order valence-corrected chi connectivity index (χ1v) is 6.93. The third-order valence-corrected chi connectivity index (χ3v) is 3.11. The van der Waals surface area contributed by atoms with Crippen LogP contribution in [-0.2, 0) is 11.3 Å². The smallest absolute Gasteiger partial charge is 0.238 e. The van der Waals surface area contributed by atoms with E-state index in [2.05, 4.69) is 26.6 Å². The predicted molar refractivity (Wildman–Crippen MR) is 80.9 cm³/mol. The first-order valence-electron chi connectivity index (χ1n) is 6.14.